The summed E-state index contributed by atoms with van der Waals surface area (Å²) in [7, 11) is -6.87. The Labute approximate surface area is 211 Å². The third kappa shape index (κ3) is 9.89. The Balaban J connectivity index is 2.95. The van der Waals surface area contributed by atoms with Gasteiger partial charge in [0.15, 0.2) is 0 Å². The van der Waals surface area contributed by atoms with E-state index in [2.05, 4.69) is 13.2 Å². The van der Waals surface area contributed by atoms with E-state index in [1.165, 1.54) is 12.1 Å². The van der Waals surface area contributed by atoms with Crippen LogP contribution in [0.3, 0.4) is 0 Å². The lowest BCUT2D eigenvalue weighted by atomic mass is 10.2. The molecule has 1 aromatic carbocycles. The highest BCUT2D eigenvalue weighted by atomic mass is 32.2. The van der Waals surface area contributed by atoms with Crippen LogP contribution >= 0.6 is 0 Å². The molecule has 1 rings (SSSR count). The molecule has 0 bridgehead atoms. The summed E-state index contributed by atoms with van der Waals surface area (Å²) in [4.78, 5) is 11.5. The number of carbonyl (C=O) groups is 1. The Bertz CT molecular complexity index is 917. The number of rotatable bonds is 16. The Morgan fingerprint density at radius 1 is 1.06 bits per heavy atom. The van der Waals surface area contributed by atoms with Crippen molar-refractivity contribution in [2.24, 2.45) is 0 Å². The van der Waals surface area contributed by atoms with Crippen molar-refractivity contribution in [3.63, 3.8) is 0 Å². The van der Waals surface area contributed by atoms with Crippen molar-refractivity contribution in [3.8, 4) is 0 Å². The predicted octanol–water partition coefficient (Wildman–Crippen LogP) is 5.67. The van der Waals surface area contributed by atoms with E-state index in [9.17, 15) is 13.2 Å². The Morgan fingerprint density at radius 2 is 1.66 bits per heavy atom. The number of ether oxygens (including phenoxy) is 2. The first-order chi connectivity index (χ1) is 16.4. The molecular weight excluding hydrogens is 488 g/mol. The minimum atomic E-state index is -3.95. The second-order valence-electron chi connectivity index (χ2n) is 8.86. The van der Waals surface area contributed by atoms with Gasteiger partial charge < -0.3 is 18.3 Å². The Kier molecular flexibility index (Phi) is 12.9. The van der Waals surface area contributed by atoms with E-state index in [0.29, 0.717) is 12.0 Å². The maximum atomic E-state index is 12.7. The standard InChI is InChI=1S/C25H40O8SSi/c1-9-11-23(18-31-34(27,28)24-14-12-21(7)13-15-24)33-35(19(3)4,20(5)6)32-17-22(8)16-30-25(26)29-10-2/h9,12-15,19-20,23H,1,8,10-11,16-18H2,2-7H3/t23-/m0/s1. The van der Waals surface area contributed by atoms with Crippen molar-refractivity contribution in [1.29, 1.82) is 0 Å². The smallest absolute Gasteiger partial charge is 0.435 e. The van der Waals surface area contributed by atoms with Crippen LogP contribution < -0.4 is 0 Å². The molecule has 0 aliphatic heterocycles. The summed E-state index contributed by atoms with van der Waals surface area (Å²) in [6.07, 6.45) is 0.708. The molecule has 0 saturated heterocycles. The molecule has 0 heterocycles. The SMILES string of the molecule is C=CC[C@@H](COS(=O)(=O)c1ccc(C)cc1)O[Si](OCC(=C)COC(=O)OCC)(C(C)C)C(C)C. The van der Waals surface area contributed by atoms with Crippen molar-refractivity contribution < 1.29 is 35.7 Å². The summed E-state index contributed by atoms with van der Waals surface area (Å²) in [5.41, 5.74) is 1.57. The van der Waals surface area contributed by atoms with Gasteiger partial charge in [-0.2, -0.15) is 8.42 Å². The molecule has 10 heteroatoms. The molecule has 0 N–H and O–H groups in total. The number of hydrogen-bond acceptors (Lipinski definition) is 8. The van der Waals surface area contributed by atoms with E-state index in [1.807, 2.05) is 34.6 Å². The van der Waals surface area contributed by atoms with Gasteiger partial charge in [0.1, 0.15) is 6.61 Å². The molecule has 0 amide bonds. The monoisotopic (exact) mass is 528 g/mol. The quantitative estimate of drug-likeness (QED) is 0.117. The number of hydrogen-bond donors (Lipinski definition) is 0. The molecule has 1 aromatic rings. The Morgan fingerprint density at radius 3 is 2.17 bits per heavy atom. The summed E-state index contributed by atoms with van der Waals surface area (Å²) in [6, 6.07) is 6.47. The van der Waals surface area contributed by atoms with Gasteiger partial charge in [0.2, 0.25) is 0 Å². The van der Waals surface area contributed by atoms with Gasteiger partial charge in [0.05, 0.1) is 30.8 Å². The number of carbonyl (C=O) groups excluding carboxylic acids is 1. The van der Waals surface area contributed by atoms with Crippen molar-refractivity contribution in [3.05, 3.63) is 54.6 Å². The van der Waals surface area contributed by atoms with Crippen LogP contribution in [-0.4, -0.2) is 55.7 Å². The molecule has 0 aliphatic rings. The van der Waals surface area contributed by atoms with E-state index < -0.39 is 30.9 Å². The van der Waals surface area contributed by atoms with Crippen molar-refractivity contribution in [1.82, 2.24) is 0 Å². The van der Waals surface area contributed by atoms with Crippen molar-refractivity contribution in [2.75, 3.05) is 26.4 Å². The fraction of sp³-hybridized carbons (Fsp3) is 0.560. The average Bonchev–Trinajstić information content (AvgIpc) is 2.79. The summed E-state index contributed by atoms with van der Waals surface area (Å²) in [6.45, 7) is 19.5. The van der Waals surface area contributed by atoms with Crippen LogP contribution in [-0.2, 0) is 32.6 Å². The van der Waals surface area contributed by atoms with Crippen LogP contribution in [0.4, 0.5) is 4.79 Å². The van der Waals surface area contributed by atoms with Crippen molar-refractivity contribution >= 4 is 24.8 Å². The maximum Gasteiger partial charge on any atom is 0.508 e. The second kappa shape index (κ2) is 14.5. The van der Waals surface area contributed by atoms with Crippen LogP contribution in [0.1, 0.15) is 46.6 Å². The number of aryl methyl sites for hydroxylation is 1. The molecule has 0 saturated carbocycles. The molecule has 0 aliphatic carbocycles. The maximum absolute atomic E-state index is 12.7. The van der Waals surface area contributed by atoms with Gasteiger partial charge in [-0.25, -0.2) is 4.79 Å². The summed E-state index contributed by atoms with van der Waals surface area (Å²) in [5.74, 6) is 0. The lowest BCUT2D eigenvalue weighted by molar-refractivity contribution is 0.0590. The molecule has 0 unspecified atom stereocenters. The predicted molar refractivity (Wildman–Crippen MR) is 138 cm³/mol. The zero-order valence-corrected chi connectivity index (χ0v) is 23.6. The van der Waals surface area contributed by atoms with E-state index in [4.69, 9.17) is 22.5 Å². The van der Waals surface area contributed by atoms with Crippen LogP contribution in [0.5, 0.6) is 0 Å². The van der Waals surface area contributed by atoms with E-state index in [1.54, 1.807) is 25.1 Å². The third-order valence-electron chi connectivity index (χ3n) is 5.27. The molecular formula is C25H40O8SSi. The summed E-state index contributed by atoms with van der Waals surface area (Å²) >= 11 is 0. The van der Waals surface area contributed by atoms with E-state index >= 15 is 0 Å². The first-order valence-electron chi connectivity index (χ1n) is 11.7. The summed E-state index contributed by atoms with van der Waals surface area (Å²) < 4.78 is 53.4. The largest absolute Gasteiger partial charge is 0.508 e. The van der Waals surface area contributed by atoms with Gasteiger partial charge in [0.25, 0.3) is 10.1 Å². The topological polar surface area (TPSA) is 97.4 Å². The highest BCUT2D eigenvalue weighted by molar-refractivity contribution is 7.86. The molecule has 198 valence electrons. The van der Waals surface area contributed by atoms with Gasteiger partial charge in [-0.15, -0.1) is 6.58 Å². The van der Waals surface area contributed by atoms with Crippen LogP contribution in [0.15, 0.2) is 54.0 Å². The van der Waals surface area contributed by atoms with E-state index in [-0.39, 0.29) is 42.4 Å². The lowest BCUT2D eigenvalue weighted by Gasteiger charge is -2.40. The van der Waals surface area contributed by atoms with Crippen LogP contribution in [0.2, 0.25) is 11.1 Å². The zero-order chi connectivity index (χ0) is 26.6. The molecule has 1 atom stereocenters. The van der Waals surface area contributed by atoms with E-state index in [0.717, 1.165) is 5.56 Å². The van der Waals surface area contributed by atoms with Gasteiger partial charge in [-0.3, -0.25) is 4.18 Å². The highest BCUT2D eigenvalue weighted by Gasteiger charge is 2.47. The fourth-order valence-electron chi connectivity index (χ4n) is 3.42. The van der Waals surface area contributed by atoms with Crippen molar-refractivity contribution in [2.45, 2.75) is 70.0 Å². The molecule has 35 heavy (non-hydrogen) atoms. The minimum Gasteiger partial charge on any atom is -0.435 e. The molecule has 8 nitrogen and oxygen atoms in total. The molecule has 0 radical (unpaired) electrons. The highest BCUT2D eigenvalue weighted by Crippen LogP contribution is 2.36. The Hall–Kier alpha value is -1.98. The van der Waals surface area contributed by atoms with Crippen LogP contribution in [0.25, 0.3) is 0 Å². The second-order valence-corrected chi connectivity index (χ2v) is 14.7. The average molecular weight is 529 g/mol. The lowest BCUT2D eigenvalue weighted by Crippen LogP contribution is -2.51. The molecule has 0 aromatic heterocycles. The van der Waals surface area contributed by atoms with Gasteiger partial charge >= 0.3 is 14.7 Å². The summed E-state index contributed by atoms with van der Waals surface area (Å²) in [5, 5.41) is 0. The number of benzene rings is 1. The first kappa shape index (κ1) is 31.0. The van der Waals surface area contributed by atoms with Gasteiger partial charge in [-0.05, 0) is 49.1 Å². The van der Waals surface area contributed by atoms with Crippen LogP contribution in [0, 0.1) is 6.92 Å². The minimum absolute atomic E-state index is 0.0299. The normalized spacial score (nSPS) is 13.0. The van der Waals surface area contributed by atoms with Gasteiger partial charge in [-0.1, -0.05) is 58.0 Å². The fourth-order valence-corrected chi connectivity index (χ4v) is 8.08. The zero-order valence-electron chi connectivity index (χ0n) is 21.7. The third-order valence-corrected chi connectivity index (χ3v) is 11.1. The first-order valence-corrected chi connectivity index (χ1v) is 15.1. The van der Waals surface area contributed by atoms with Gasteiger partial charge in [0, 0.05) is 0 Å². The molecule has 0 spiro atoms. The molecule has 0 fully saturated rings.